The SMILES string of the molecule is C=CC(=O)OCC[n+]1ccccc1CCS(C)(=O)=O.[Cl-]. The third-order valence-corrected chi connectivity index (χ3v) is 3.45. The number of ether oxygens (including phenoxy) is 1. The van der Waals surface area contributed by atoms with E-state index in [1.807, 2.05) is 29.0 Å². The van der Waals surface area contributed by atoms with E-state index in [4.69, 9.17) is 4.74 Å². The Kier molecular flexibility index (Phi) is 8.10. The first-order valence-electron chi connectivity index (χ1n) is 5.86. The van der Waals surface area contributed by atoms with Crippen molar-refractivity contribution >= 4 is 15.8 Å². The lowest BCUT2D eigenvalue weighted by molar-refractivity contribution is -0.704. The molecule has 20 heavy (non-hydrogen) atoms. The van der Waals surface area contributed by atoms with Crippen LogP contribution in [0.15, 0.2) is 37.1 Å². The Morgan fingerprint density at radius 1 is 1.45 bits per heavy atom. The second-order valence-electron chi connectivity index (χ2n) is 4.14. The summed E-state index contributed by atoms with van der Waals surface area (Å²) in [5.74, 6) is -0.363. The van der Waals surface area contributed by atoms with Crippen molar-refractivity contribution in [2.75, 3.05) is 18.6 Å². The Balaban J connectivity index is 0.00000361. The van der Waals surface area contributed by atoms with Gasteiger partial charge in [0.05, 0.1) is 5.75 Å². The summed E-state index contributed by atoms with van der Waals surface area (Å²) in [6.07, 6.45) is 4.60. The number of rotatable bonds is 7. The first kappa shape index (κ1) is 18.6. The minimum absolute atomic E-state index is 0. The molecule has 0 N–H and O–H groups in total. The Labute approximate surface area is 125 Å². The average Bonchev–Trinajstić information content (AvgIpc) is 2.36. The predicted molar refractivity (Wildman–Crippen MR) is 71.2 cm³/mol. The van der Waals surface area contributed by atoms with Crippen LogP contribution in [0.2, 0.25) is 0 Å². The van der Waals surface area contributed by atoms with Gasteiger partial charge in [-0.1, -0.05) is 12.6 Å². The minimum Gasteiger partial charge on any atom is -1.00 e. The number of aryl methyl sites for hydroxylation is 1. The highest BCUT2D eigenvalue weighted by Gasteiger charge is 2.13. The largest absolute Gasteiger partial charge is 1.00 e. The molecule has 1 heterocycles. The molecule has 0 aromatic carbocycles. The summed E-state index contributed by atoms with van der Waals surface area (Å²) in [6, 6.07) is 5.56. The Morgan fingerprint density at radius 3 is 2.75 bits per heavy atom. The quantitative estimate of drug-likeness (QED) is 0.311. The fraction of sp³-hybridized carbons (Fsp3) is 0.385. The maximum atomic E-state index is 11.2. The number of esters is 1. The van der Waals surface area contributed by atoms with Gasteiger partial charge in [-0.2, -0.15) is 4.57 Å². The summed E-state index contributed by atoms with van der Waals surface area (Å²) in [5.41, 5.74) is 0.891. The molecule has 0 amide bonds. The predicted octanol–water partition coefficient (Wildman–Crippen LogP) is -2.71. The fourth-order valence-corrected chi connectivity index (χ4v) is 2.13. The molecule has 0 atom stereocenters. The van der Waals surface area contributed by atoms with Gasteiger partial charge in [0.15, 0.2) is 25.0 Å². The molecular weight excluding hydrogens is 302 g/mol. The second kappa shape index (κ2) is 8.71. The zero-order chi connectivity index (χ0) is 14.3. The first-order valence-corrected chi connectivity index (χ1v) is 7.92. The van der Waals surface area contributed by atoms with Gasteiger partial charge >= 0.3 is 5.97 Å². The van der Waals surface area contributed by atoms with Crippen LogP contribution in [0.5, 0.6) is 0 Å². The van der Waals surface area contributed by atoms with E-state index < -0.39 is 15.8 Å². The lowest BCUT2D eigenvalue weighted by atomic mass is 10.3. The average molecular weight is 320 g/mol. The third kappa shape index (κ3) is 7.25. The van der Waals surface area contributed by atoms with Gasteiger partial charge in [0.25, 0.3) is 0 Å². The summed E-state index contributed by atoms with van der Waals surface area (Å²) in [5, 5.41) is 0. The molecule has 0 saturated heterocycles. The standard InChI is InChI=1S/C13H18NO4S.ClH/c1-3-13(15)18-10-9-14-8-5-4-6-12(14)7-11-19(2,16)17;/h3-6,8H,1,7,9-11H2,2H3;1H/q+1;/p-1. The molecule has 0 spiro atoms. The summed E-state index contributed by atoms with van der Waals surface area (Å²) >= 11 is 0. The van der Waals surface area contributed by atoms with Crippen molar-refractivity contribution in [1.82, 2.24) is 0 Å². The van der Waals surface area contributed by atoms with Crippen molar-refractivity contribution in [3.63, 3.8) is 0 Å². The van der Waals surface area contributed by atoms with Crippen molar-refractivity contribution in [2.45, 2.75) is 13.0 Å². The molecule has 1 aromatic heterocycles. The Hall–Kier alpha value is -1.40. The number of aromatic nitrogens is 1. The molecule has 0 aliphatic heterocycles. The van der Waals surface area contributed by atoms with Gasteiger partial charge in [-0.25, -0.2) is 13.2 Å². The lowest BCUT2D eigenvalue weighted by Crippen LogP contribution is -3.00. The molecular formula is C13H18ClNO4S. The highest BCUT2D eigenvalue weighted by Crippen LogP contribution is 1.96. The topological polar surface area (TPSA) is 64.3 Å². The number of hydrogen-bond acceptors (Lipinski definition) is 4. The van der Waals surface area contributed by atoms with Gasteiger partial charge in [0.2, 0.25) is 0 Å². The van der Waals surface area contributed by atoms with Gasteiger partial charge in [-0.05, 0) is 0 Å². The molecule has 1 rings (SSSR count). The van der Waals surface area contributed by atoms with Crippen LogP contribution in [0, 0.1) is 0 Å². The van der Waals surface area contributed by atoms with Crippen LogP contribution < -0.4 is 17.0 Å². The van der Waals surface area contributed by atoms with Crippen LogP contribution in [0.3, 0.4) is 0 Å². The highest BCUT2D eigenvalue weighted by atomic mass is 35.5. The second-order valence-corrected chi connectivity index (χ2v) is 6.40. The zero-order valence-corrected chi connectivity index (χ0v) is 12.9. The van der Waals surface area contributed by atoms with Crippen LogP contribution >= 0.6 is 0 Å². The summed E-state index contributed by atoms with van der Waals surface area (Å²) in [6.45, 7) is 4.03. The monoisotopic (exact) mass is 319 g/mol. The van der Waals surface area contributed by atoms with Crippen LogP contribution in [0.25, 0.3) is 0 Å². The number of pyridine rings is 1. The van der Waals surface area contributed by atoms with Gasteiger partial charge in [-0.3, -0.25) is 0 Å². The molecule has 0 bridgehead atoms. The molecule has 1 aromatic rings. The molecule has 0 fully saturated rings. The lowest BCUT2D eigenvalue weighted by Gasteiger charge is -2.04. The van der Waals surface area contributed by atoms with Crippen LogP contribution in [0.1, 0.15) is 5.69 Å². The molecule has 7 heteroatoms. The van der Waals surface area contributed by atoms with Crippen molar-refractivity contribution in [1.29, 1.82) is 0 Å². The van der Waals surface area contributed by atoms with E-state index in [-0.39, 0.29) is 24.8 Å². The molecule has 0 unspecified atom stereocenters. The number of nitrogens with zero attached hydrogens (tertiary/aromatic N) is 1. The molecule has 0 radical (unpaired) electrons. The van der Waals surface area contributed by atoms with Crippen LogP contribution in [-0.4, -0.2) is 33.0 Å². The first-order chi connectivity index (χ1) is 8.92. The summed E-state index contributed by atoms with van der Waals surface area (Å²) < 4.78 is 29.1. The number of hydrogen-bond donors (Lipinski definition) is 0. The van der Waals surface area contributed by atoms with E-state index in [9.17, 15) is 13.2 Å². The Bertz CT molecular complexity index is 557. The van der Waals surface area contributed by atoms with Gasteiger partial charge < -0.3 is 17.1 Å². The van der Waals surface area contributed by atoms with E-state index >= 15 is 0 Å². The Morgan fingerprint density at radius 2 is 2.15 bits per heavy atom. The minimum atomic E-state index is -2.99. The zero-order valence-electron chi connectivity index (χ0n) is 11.3. The fourth-order valence-electron chi connectivity index (χ4n) is 1.55. The van der Waals surface area contributed by atoms with Gasteiger partial charge in [-0.15, -0.1) is 0 Å². The van der Waals surface area contributed by atoms with E-state index in [0.29, 0.717) is 13.0 Å². The summed E-state index contributed by atoms with van der Waals surface area (Å²) in [4.78, 5) is 10.9. The van der Waals surface area contributed by atoms with Crippen molar-refractivity contribution in [3.05, 3.63) is 42.7 Å². The van der Waals surface area contributed by atoms with Crippen molar-refractivity contribution in [3.8, 4) is 0 Å². The van der Waals surface area contributed by atoms with Crippen molar-refractivity contribution < 1.29 is 34.9 Å². The van der Waals surface area contributed by atoms with Gasteiger partial charge in [0, 0.05) is 30.9 Å². The van der Waals surface area contributed by atoms with E-state index in [1.165, 1.54) is 6.26 Å². The molecule has 5 nitrogen and oxygen atoms in total. The number of halogens is 1. The molecule has 112 valence electrons. The van der Waals surface area contributed by atoms with Crippen molar-refractivity contribution in [2.24, 2.45) is 0 Å². The highest BCUT2D eigenvalue weighted by molar-refractivity contribution is 7.90. The van der Waals surface area contributed by atoms with Crippen LogP contribution in [0.4, 0.5) is 0 Å². The van der Waals surface area contributed by atoms with E-state index in [0.717, 1.165) is 11.8 Å². The van der Waals surface area contributed by atoms with Crippen LogP contribution in [-0.2, 0) is 32.3 Å². The normalized spacial score (nSPS) is 10.4. The molecule has 0 aliphatic carbocycles. The van der Waals surface area contributed by atoms with E-state index in [1.54, 1.807) is 0 Å². The number of carbonyl (C=O) groups excluding carboxylic acids is 1. The van der Waals surface area contributed by atoms with Gasteiger partial charge in [0.1, 0.15) is 9.84 Å². The smallest absolute Gasteiger partial charge is 0.330 e. The molecule has 0 saturated carbocycles. The summed E-state index contributed by atoms with van der Waals surface area (Å²) in [7, 11) is -2.99. The number of carbonyl (C=O) groups is 1. The number of sulfone groups is 1. The molecule has 0 aliphatic rings. The third-order valence-electron chi connectivity index (χ3n) is 2.51. The maximum Gasteiger partial charge on any atom is 0.330 e. The van der Waals surface area contributed by atoms with E-state index in [2.05, 4.69) is 6.58 Å². The maximum absolute atomic E-state index is 11.2.